The molecule has 1 aromatic carbocycles. The Labute approximate surface area is 177 Å². The minimum atomic E-state index is -0.651. The Morgan fingerprint density at radius 3 is 2.67 bits per heavy atom. The molecule has 2 aliphatic rings. The average Bonchev–Trinajstić information content (AvgIpc) is 2.78. The molecule has 1 fully saturated rings. The van der Waals surface area contributed by atoms with E-state index in [0.717, 1.165) is 12.8 Å². The van der Waals surface area contributed by atoms with Crippen molar-refractivity contribution in [1.82, 2.24) is 9.80 Å². The second-order valence-electron chi connectivity index (χ2n) is 7.89. The molecule has 2 bridgehead atoms. The fourth-order valence-electron chi connectivity index (χ4n) is 3.98. The van der Waals surface area contributed by atoms with Crippen molar-refractivity contribution in [1.29, 1.82) is 5.26 Å². The molecule has 8 nitrogen and oxygen atoms in total. The van der Waals surface area contributed by atoms with Crippen molar-refractivity contribution >= 4 is 11.8 Å². The molecule has 0 saturated carbocycles. The number of carbonyl (C=O) groups excluding carboxylic acids is 2. The summed E-state index contributed by atoms with van der Waals surface area (Å²) in [5.41, 5.74) is 0.510. The van der Waals surface area contributed by atoms with E-state index in [1.807, 2.05) is 0 Å². The summed E-state index contributed by atoms with van der Waals surface area (Å²) in [4.78, 5) is 29.1. The minimum Gasteiger partial charge on any atom is -0.489 e. The van der Waals surface area contributed by atoms with Gasteiger partial charge in [0.25, 0.3) is 5.91 Å². The summed E-state index contributed by atoms with van der Waals surface area (Å²) in [6.07, 6.45) is 1.87. The van der Waals surface area contributed by atoms with Crippen LogP contribution in [0.3, 0.4) is 0 Å². The number of fused-ring (bicyclic) bond motifs is 3. The number of ether oxygens (including phenoxy) is 3. The third-order valence-corrected chi connectivity index (χ3v) is 6.04. The van der Waals surface area contributed by atoms with Crippen LogP contribution >= 0.6 is 0 Å². The number of hydrogen-bond donors (Lipinski definition) is 0. The Balaban J connectivity index is 2.00. The van der Waals surface area contributed by atoms with Crippen LogP contribution < -0.4 is 4.74 Å². The van der Waals surface area contributed by atoms with Crippen molar-refractivity contribution in [2.75, 3.05) is 34.4 Å². The van der Waals surface area contributed by atoms with E-state index in [4.69, 9.17) is 14.2 Å². The van der Waals surface area contributed by atoms with Gasteiger partial charge in [0, 0.05) is 27.7 Å². The van der Waals surface area contributed by atoms with Crippen molar-refractivity contribution in [3.8, 4) is 11.8 Å². The van der Waals surface area contributed by atoms with Gasteiger partial charge in [0.1, 0.15) is 30.6 Å². The summed E-state index contributed by atoms with van der Waals surface area (Å²) >= 11 is 0. The number of rotatable bonds is 1. The van der Waals surface area contributed by atoms with Crippen LogP contribution in [0.2, 0.25) is 0 Å². The first-order chi connectivity index (χ1) is 14.4. The van der Waals surface area contributed by atoms with Crippen LogP contribution in [0, 0.1) is 11.3 Å². The molecule has 1 aromatic rings. The third kappa shape index (κ3) is 4.42. The molecule has 0 unspecified atom stereocenters. The normalized spacial score (nSPS) is 28.2. The lowest BCUT2D eigenvalue weighted by molar-refractivity contribution is -0.146. The highest BCUT2D eigenvalue weighted by Crippen LogP contribution is 2.29. The van der Waals surface area contributed by atoms with E-state index in [-0.39, 0.29) is 53.6 Å². The van der Waals surface area contributed by atoms with Gasteiger partial charge in [-0.25, -0.2) is 0 Å². The molecule has 2 heterocycles. The molecular weight excluding hydrogens is 386 g/mol. The number of nitrogens with zero attached hydrogens (tertiary/aromatic N) is 3. The Morgan fingerprint density at radius 1 is 1.20 bits per heavy atom. The van der Waals surface area contributed by atoms with Gasteiger partial charge < -0.3 is 24.0 Å². The van der Waals surface area contributed by atoms with Crippen LogP contribution in [-0.2, 0) is 14.3 Å². The Hall–Kier alpha value is -2.63. The van der Waals surface area contributed by atoms with Crippen LogP contribution in [-0.4, -0.2) is 80.3 Å². The summed E-state index contributed by atoms with van der Waals surface area (Å²) in [5, 5.41) is 9.55. The highest BCUT2D eigenvalue weighted by atomic mass is 16.6. The number of hydrogen-bond acceptors (Lipinski definition) is 6. The van der Waals surface area contributed by atoms with Gasteiger partial charge in [0.05, 0.1) is 23.3 Å². The number of para-hydroxylation sites is 1. The predicted octanol–water partition coefficient (Wildman–Crippen LogP) is 1.82. The van der Waals surface area contributed by atoms with Gasteiger partial charge in [0.15, 0.2) is 0 Å². The summed E-state index contributed by atoms with van der Waals surface area (Å²) in [7, 11) is 4.97. The average molecular weight is 415 g/mol. The number of nitriles is 1. The molecule has 30 heavy (non-hydrogen) atoms. The lowest BCUT2D eigenvalue weighted by Crippen LogP contribution is -2.48. The maximum Gasteiger partial charge on any atom is 0.258 e. The zero-order valence-corrected chi connectivity index (χ0v) is 18.0. The first kappa shape index (κ1) is 22.1. The minimum absolute atomic E-state index is 0.0106. The van der Waals surface area contributed by atoms with E-state index in [0.29, 0.717) is 13.0 Å². The van der Waals surface area contributed by atoms with E-state index >= 15 is 0 Å². The van der Waals surface area contributed by atoms with Crippen molar-refractivity contribution < 1.29 is 23.8 Å². The van der Waals surface area contributed by atoms with E-state index < -0.39 is 6.04 Å². The van der Waals surface area contributed by atoms with Gasteiger partial charge in [-0.1, -0.05) is 6.07 Å². The van der Waals surface area contributed by atoms with Gasteiger partial charge in [-0.2, -0.15) is 5.26 Å². The van der Waals surface area contributed by atoms with Crippen LogP contribution in [0.4, 0.5) is 0 Å². The molecule has 8 heteroatoms. The SMILES string of the molecule is CO[C@H]1CC[C@@H]2CCN(C)C(=O)[C@@H](C)N(C)C(=O)c3cccc(C#N)c3OC[C@@H]1O2. The molecule has 0 aromatic heterocycles. The van der Waals surface area contributed by atoms with Gasteiger partial charge in [0.2, 0.25) is 5.91 Å². The molecule has 0 spiro atoms. The standard InChI is InChI=1S/C22H29N3O5/c1-14-21(26)24(2)11-10-16-8-9-18(28-4)19(30-16)13-29-20-15(12-23)6-5-7-17(20)22(27)25(14)3/h5-7,14,16,18-19H,8-11,13H2,1-4H3/t14-,16-,18+,19+/m1/s1. The Kier molecular flexibility index (Phi) is 6.95. The highest BCUT2D eigenvalue weighted by Gasteiger charge is 2.34. The van der Waals surface area contributed by atoms with Crippen LogP contribution in [0.25, 0.3) is 0 Å². The fraction of sp³-hybridized carbons (Fsp3) is 0.591. The Bertz CT molecular complexity index is 837. The predicted molar refractivity (Wildman–Crippen MR) is 109 cm³/mol. The second-order valence-corrected chi connectivity index (χ2v) is 7.89. The molecule has 162 valence electrons. The molecule has 2 aliphatic heterocycles. The quantitative estimate of drug-likeness (QED) is 0.695. The molecule has 0 N–H and O–H groups in total. The molecule has 4 atom stereocenters. The lowest BCUT2D eigenvalue weighted by atomic mass is 9.99. The first-order valence-electron chi connectivity index (χ1n) is 10.2. The molecular formula is C22H29N3O5. The molecule has 3 rings (SSSR count). The van der Waals surface area contributed by atoms with Gasteiger partial charge in [-0.3, -0.25) is 9.59 Å². The smallest absolute Gasteiger partial charge is 0.258 e. The maximum atomic E-state index is 13.2. The number of likely N-dealkylation sites (N-methyl/N-ethyl adjacent to an activating group) is 2. The van der Waals surface area contributed by atoms with Crippen LogP contribution in [0.1, 0.15) is 42.1 Å². The van der Waals surface area contributed by atoms with Gasteiger partial charge >= 0.3 is 0 Å². The largest absolute Gasteiger partial charge is 0.489 e. The van der Waals surface area contributed by atoms with E-state index in [2.05, 4.69) is 6.07 Å². The molecule has 0 radical (unpaired) electrons. The first-order valence-corrected chi connectivity index (χ1v) is 10.2. The zero-order valence-electron chi connectivity index (χ0n) is 18.0. The van der Waals surface area contributed by atoms with Crippen LogP contribution in [0.15, 0.2) is 18.2 Å². The monoisotopic (exact) mass is 415 g/mol. The van der Waals surface area contributed by atoms with Crippen LogP contribution in [0.5, 0.6) is 5.75 Å². The molecule has 1 saturated heterocycles. The Morgan fingerprint density at radius 2 is 1.97 bits per heavy atom. The number of methoxy groups -OCH3 is 1. The number of benzene rings is 1. The topological polar surface area (TPSA) is 92.1 Å². The molecule has 2 amide bonds. The van der Waals surface area contributed by atoms with E-state index in [1.165, 1.54) is 4.90 Å². The van der Waals surface area contributed by atoms with Gasteiger partial charge in [-0.05, 0) is 38.3 Å². The summed E-state index contributed by atoms with van der Waals surface area (Å²) < 4.78 is 17.8. The summed E-state index contributed by atoms with van der Waals surface area (Å²) in [5.74, 6) is -0.314. The zero-order chi connectivity index (χ0) is 21.8. The van der Waals surface area contributed by atoms with Crippen molar-refractivity contribution in [2.45, 2.75) is 50.5 Å². The van der Waals surface area contributed by atoms with Crippen molar-refractivity contribution in [3.63, 3.8) is 0 Å². The maximum absolute atomic E-state index is 13.2. The summed E-state index contributed by atoms with van der Waals surface area (Å²) in [6, 6.07) is 6.30. The highest BCUT2D eigenvalue weighted by molar-refractivity contribution is 6.00. The van der Waals surface area contributed by atoms with Crippen molar-refractivity contribution in [3.05, 3.63) is 29.3 Å². The third-order valence-electron chi connectivity index (χ3n) is 6.04. The van der Waals surface area contributed by atoms with E-state index in [1.54, 1.807) is 51.2 Å². The van der Waals surface area contributed by atoms with Crippen molar-refractivity contribution in [2.24, 2.45) is 0 Å². The second kappa shape index (κ2) is 9.45. The van der Waals surface area contributed by atoms with Gasteiger partial charge in [-0.15, -0.1) is 0 Å². The van der Waals surface area contributed by atoms with E-state index in [9.17, 15) is 14.9 Å². The fourth-order valence-corrected chi connectivity index (χ4v) is 3.98. The molecule has 0 aliphatic carbocycles. The number of amides is 2. The lowest BCUT2D eigenvalue weighted by Gasteiger charge is -2.37. The summed E-state index contributed by atoms with van der Waals surface area (Å²) in [6.45, 7) is 2.41. The number of carbonyl (C=O) groups is 2.